The molecule has 5 nitrogen and oxygen atoms in total. The first-order valence-corrected chi connectivity index (χ1v) is 6.54. The molecule has 1 N–H and O–H groups in total. The van der Waals surface area contributed by atoms with Crippen molar-refractivity contribution in [3.8, 4) is 11.5 Å². The third-order valence-corrected chi connectivity index (χ3v) is 3.07. The van der Waals surface area contributed by atoms with Crippen molar-refractivity contribution in [3.63, 3.8) is 0 Å². The molecule has 0 aliphatic heterocycles. The second kappa shape index (κ2) is 5.63. The van der Waals surface area contributed by atoms with Crippen molar-refractivity contribution < 1.29 is 14.3 Å². The fourth-order valence-electron chi connectivity index (χ4n) is 1.92. The molecule has 0 saturated heterocycles. The summed E-state index contributed by atoms with van der Waals surface area (Å²) in [6, 6.07) is 7.08. The van der Waals surface area contributed by atoms with Crippen molar-refractivity contribution in [1.29, 1.82) is 0 Å². The first-order valence-electron chi connectivity index (χ1n) is 6.16. The van der Waals surface area contributed by atoms with Crippen LogP contribution in [-0.2, 0) is 11.2 Å². The number of halogens is 1. The maximum absolute atomic E-state index is 10.8. The highest BCUT2D eigenvalue weighted by molar-refractivity contribution is 6.30. The molecule has 106 valence electrons. The lowest BCUT2D eigenvalue weighted by molar-refractivity contribution is -0.139. The molecule has 2 aromatic rings. The van der Waals surface area contributed by atoms with E-state index in [2.05, 4.69) is 10.2 Å². The van der Waals surface area contributed by atoms with E-state index in [1.54, 1.807) is 24.3 Å². The maximum Gasteiger partial charge on any atom is 0.303 e. The van der Waals surface area contributed by atoms with E-state index in [1.165, 1.54) is 0 Å². The monoisotopic (exact) mass is 294 g/mol. The summed E-state index contributed by atoms with van der Waals surface area (Å²) < 4.78 is 5.57. The zero-order valence-corrected chi connectivity index (χ0v) is 12.0. The minimum atomic E-state index is -0.840. The molecule has 1 heterocycles. The SMILES string of the molecule is CC(C)(CC(=O)O)Cc1nnc(-c2ccc(Cl)cc2)o1. The molecule has 0 atom stereocenters. The van der Waals surface area contributed by atoms with Crippen LogP contribution in [0.5, 0.6) is 0 Å². The van der Waals surface area contributed by atoms with Crippen LogP contribution in [0.15, 0.2) is 28.7 Å². The van der Waals surface area contributed by atoms with E-state index in [4.69, 9.17) is 21.1 Å². The van der Waals surface area contributed by atoms with Crippen LogP contribution in [-0.4, -0.2) is 21.3 Å². The second-order valence-corrected chi connectivity index (χ2v) is 5.86. The summed E-state index contributed by atoms with van der Waals surface area (Å²) in [6.45, 7) is 3.71. The van der Waals surface area contributed by atoms with Crippen molar-refractivity contribution in [2.75, 3.05) is 0 Å². The molecule has 0 fully saturated rings. The predicted molar refractivity (Wildman–Crippen MR) is 74.5 cm³/mol. The standard InChI is InChI=1S/C14H15ClN2O3/c1-14(2,8-12(18)19)7-11-16-17-13(20-11)9-3-5-10(15)6-4-9/h3-6H,7-8H2,1-2H3,(H,18,19). The maximum atomic E-state index is 10.8. The summed E-state index contributed by atoms with van der Waals surface area (Å²) in [5.41, 5.74) is 0.347. The Labute approximate surface area is 121 Å². The Hall–Kier alpha value is -1.88. The quantitative estimate of drug-likeness (QED) is 0.914. The highest BCUT2D eigenvalue weighted by atomic mass is 35.5. The number of aliphatic carboxylic acids is 1. The van der Waals surface area contributed by atoms with Gasteiger partial charge in [0.1, 0.15) is 0 Å². The molecule has 1 aromatic heterocycles. The van der Waals surface area contributed by atoms with E-state index in [0.29, 0.717) is 23.2 Å². The minimum Gasteiger partial charge on any atom is -0.481 e. The number of carboxylic acid groups (broad SMARTS) is 1. The third kappa shape index (κ3) is 3.81. The van der Waals surface area contributed by atoms with Gasteiger partial charge in [-0.25, -0.2) is 0 Å². The van der Waals surface area contributed by atoms with Crippen LogP contribution in [0, 0.1) is 5.41 Å². The number of hydrogen-bond donors (Lipinski definition) is 1. The Kier molecular flexibility index (Phi) is 4.09. The Bertz CT molecular complexity index is 605. The Morgan fingerprint density at radius 1 is 1.30 bits per heavy atom. The van der Waals surface area contributed by atoms with Gasteiger partial charge in [-0.2, -0.15) is 0 Å². The molecule has 1 aromatic carbocycles. The average molecular weight is 295 g/mol. The van der Waals surface area contributed by atoms with Gasteiger partial charge in [-0.1, -0.05) is 25.4 Å². The molecule has 20 heavy (non-hydrogen) atoms. The van der Waals surface area contributed by atoms with Crippen molar-refractivity contribution in [2.24, 2.45) is 5.41 Å². The van der Waals surface area contributed by atoms with Crippen molar-refractivity contribution in [2.45, 2.75) is 26.7 Å². The predicted octanol–water partition coefficient (Wildman–Crippen LogP) is 3.43. The van der Waals surface area contributed by atoms with Gasteiger partial charge in [-0.3, -0.25) is 4.79 Å². The number of nitrogens with zero attached hydrogens (tertiary/aromatic N) is 2. The lowest BCUT2D eigenvalue weighted by Crippen LogP contribution is -2.19. The van der Waals surface area contributed by atoms with Crippen molar-refractivity contribution >= 4 is 17.6 Å². The first kappa shape index (κ1) is 14.5. The molecule has 2 rings (SSSR count). The van der Waals surface area contributed by atoms with Gasteiger partial charge in [0, 0.05) is 17.0 Å². The number of carboxylic acids is 1. The van der Waals surface area contributed by atoms with E-state index in [0.717, 1.165) is 5.56 Å². The highest BCUT2D eigenvalue weighted by Crippen LogP contribution is 2.27. The van der Waals surface area contributed by atoms with Crippen LogP contribution in [0.4, 0.5) is 0 Å². The van der Waals surface area contributed by atoms with Crippen LogP contribution in [0.25, 0.3) is 11.5 Å². The van der Waals surface area contributed by atoms with Gasteiger partial charge in [0.15, 0.2) is 0 Å². The molecule has 0 bridgehead atoms. The van der Waals surface area contributed by atoms with Gasteiger partial charge < -0.3 is 9.52 Å². The Balaban J connectivity index is 2.13. The highest BCUT2D eigenvalue weighted by Gasteiger charge is 2.25. The summed E-state index contributed by atoms with van der Waals surface area (Å²) in [5.74, 6) is -0.00330. The number of rotatable bonds is 5. The van der Waals surface area contributed by atoms with E-state index in [9.17, 15) is 4.79 Å². The van der Waals surface area contributed by atoms with E-state index >= 15 is 0 Å². The van der Waals surface area contributed by atoms with Crippen molar-refractivity contribution in [3.05, 3.63) is 35.2 Å². The summed E-state index contributed by atoms with van der Waals surface area (Å²) in [7, 11) is 0. The second-order valence-electron chi connectivity index (χ2n) is 5.42. The third-order valence-electron chi connectivity index (χ3n) is 2.82. The summed E-state index contributed by atoms with van der Waals surface area (Å²) in [4.78, 5) is 10.8. The van der Waals surface area contributed by atoms with E-state index < -0.39 is 11.4 Å². The van der Waals surface area contributed by atoms with Crippen LogP contribution in [0.2, 0.25) is 5.02 Å². The number of benzene rings is 1. The van der Waals surface area contributed by atoms with Crippen LogP contribution in [0.3, 0.4) is 0 Å². The van der Waals surface area contributed by atoms with Crippen LogP contribution >= 0.6 is 11.6 Å². The van der Waals surface area contributed by atoms with Crippen molar-refractivity contribution in [1.82, 2.24) is 10.2 Å². The smallest absolute Gasteiger partial charge is 0.303 e. The number of carbonyl (C=O) groups is 1. The largest absolute Gasteiger partial charge is 0.481 e. The summed E-state index contributed by atoms with van der Waals surface area (Å²) in [6.07, 6.45) is 0.464. The lowest BCUT2D eigenvalue weighted by atomic mass is 9.86. The fraction of sp³-hybridized carbons (Fsp3) is 0.357. The van der Waals surface area contributed by atoms with Gasteiger partial charge in [0.2, 0.25) is 11.8 Å². The molecule has 0 saturated carbocycles. The molecule has 0 amide bonds. The van der Waals surface area contributed by atoms with E-state index in [-0.39, 0.29) is 6.42 Å². The average Bonchev–Trinajstić information content (AvgIpc) is 2.75. The Morgan fingerprint density at radius 3 is 2.55 bits per heavy atom. The van der Waals surface area contributed by atoms with E-state index in [1.807, 2.05) is 13.8 Å². The molecule has 6 heteroatoms. The van der Waals surface area contributed by atoms with Crippen LogP contribution in [0.1, 0.15) is 26.2 Å². The Morgan fingerprint density at radius 2 is 1.95 bits per heavy atom. The zero-order valence-electron chi connectivity index (χ0n) is 11.3. The topological polar surface area (TPSA) is 76.2 Å². The van der Waals surface area contributed by atoms with Crippen LogP contribution < -0.4 is 0 Å². The molecular weight excluding hydrogens is 280 g/mol. The fourth-order valence-corrected chi connectivity index (χ4v) is 2.04. The molecule has 0 radical (unpaired) electrons. The first-order chi connectivity index (χ1) is 9.35. The lowest BCUT2D eigenvalue weighted by Gasteiger charge is -2.19. The molecule has 0 aliphatic rings. The minimum absolute atomic E-state index is 0.0473. The number of aromatic nitrogens is 2. The van der Waals surface area contributed by atoms with Gasteiger partial charge in [-0.05, 0) is 29.7 Å². The molecule has 0 spiro atoms. The van der Waals surface area contributed by atoms with Gasteiger partial charge in [0.25, 0.3) is 0 Å². The molecule has 0 aliphatic carbocycles. The summed E-state index contributed by atoms with van der Waals surface area (Å²) in [5, 5.41) is 17.4. The number of hydrogen-bond acceptors (Lipinski definition) is 4. The summed E-state index contributed by atoms with van der Waals surface area (Å²) >= 11 is 5.82. The zero-order chi connectivity index (χ0) is 14.8. The normalized spacial score (nSPS) is 11.6. The molecular formula is C14H15ClN2O3. The van der Waals surface area contributed by atoms with Gasteiger partial charge >= 0.3 is 5.97 Å². The molecule has 0 unspecified atom stereocenters. The van der Waals surface area contributed by atoms with Gasteiger partial charge in [0.05, 0.1) is 6.42 Å². The van der Waals surface area contributed by atoms with Gasteiger partial charge in [-0.15, -0.1) is 10.2 Å².